The zero-order chi connectivity index (χ0) is 24.9. The van der Waals surface area contributed by atoms with E-state index in [0.717, 1.165) is 36.7 Å². The van der Waals surface area contributed by atoms with E-state index in [1.807, 2.05) is 0 Å². The summed E-state index contributed by atoms with van der Waals surface area (Å²) < 4.78 is 6.22. The SMILES string of the molecule is O=C1CCC(N2C(=O)c3ccc(OC4CC5(CCN(CC6CCNCC6)CC5)C4)cc3C2=O)C(=O)N1. The number of fused-ring (bicyclic) bond motifs is 1. The Morgan fingerprint density at radius 2 is 1.67 bits per heavy atom. The van der Waals surface area contributed by atoms with Gasteiger partial charge < -0.3 is 15.0 Å². The van der Waals surface area contributed by atoms with Gasteiger partial charge in [-0.1, -0.05) is 0 Å². The van der Waals surface area contributed by atoms with E-state index in [1.165, 1.54) is 45.3 Å². The summed E-state index contributed by atoms with van der Waals surface area (Å²) in [7, 11) is 0. The summed E-state index contributed by atoms with van der Waals surface area (Å²) in [5.74, 6) is -0.551. The molecule has 0 radical (unpaired) electrons. The summed E-state index contributed by atoms with van der Waals surface area (Å²) in [5.41, 5.74) is 0.922. The van der Waals surface area contributed by atoms with Gasteiger partial charge in [-0.25, -0.2) is 0 Å². The molecule has 36 heavy (non-hydrogen) atoms. The summed E-state index contributed by atoms with van der Waals surface area (Å²) in [5, 5.41) is 5.67. The smallest absolute Gasteiger partial charge is 0.262 e. The van der Waals surface area contributed by atoms with E-state index in [4.69, 9.17) is 4.74 Å². The molecule has 4 heterocycles. The Balaban J connectivity index is 1.03. The molecule has 9 nitrogen and oxygen atoms in total. The van der Waals surface area contributed by atoms with Gasteiger partial charge in [0.25, 0.3) is 11.8 Å². The predicted octanol–water partition coefficient (Wildman–Crippen LogP) is 1.71. The predicted molar refractivity (Wildman–Crippen MR) is 130 cm³/mol. The maximum absolute atomic E-state index is 13.0. The largest absolute Gasteiger partial charge is 0.490 e. The van der Waals surface area contributed by atoms with E-state index in [9.17, 15) is 19.2 Å². The number of piperidine rings is 3. The van der Waals surface area contributed by atoms with E-state index in [0.29, 0.717) is 11.2 Å². The summed E-state index contributed by atoms with van der Waals surface area (Å²) in [6.45, 7) is 5.87. The second-order valence-electron chi connectivity index (χ2n) is 11.3. The van der Waals surface area contributed by atoms with Gasteiger partial charge in [-0.2, -0.15) is 0 Å². The molecule has 192 valence electrons. The van der Waals surface area contributed by atoms with Crippen molar-refractivity contribution in [3.05, 3.63) is 29.3 Å². The number of likely N-dealkylation sites (tertiary alicyclic amines) is 1. The molecular weight excluding hydrogens is 460 g/mol. The molecule has 1 unspecified atom stereocenters. The Labute approximate surface area is 210 Å². The maximum Gasteiger partial charge on any atom is 0.262 e. The molecule has 1 saturated carbocycles. The second kappa shape index (κ2) is 9.27. The third kappa shape index (κ3) is 4.32. The van der Waals surface area contributed by atoms with E-state index >= 15 is 0 Å². The van der Waals surface area contributed by atoms with Crippen LogP contribution in [0, 0.1) is 11.3 Å². The average molecular weight is 495 g/mol. The van der Waals surface area contributed by atoms with Crippen molar-refractivity contribution in [2.24, 2.45) is 11.3 Å². The Kier molecular flexibility index (Phi) is 6.08. The van der Waals surface area contributed by atoms with Gasteiger partial charge in [-0.15, -0.1) is 0 Å². The van der Waals surface area contributed by atoms with Gasteiger partial charge in [0.05, 0.1) is 17.2 Å². The molecule has 1 aliphatic carbocycles. The van der Waals surface area contributed by atoms with Crippen molar-refractivity contribution >= 4 is 23.6 Å². The molecule has 0 aromatic heterocycles. The Bertz CT molecular complexity index is 1080. The highest BCUT2D eigenvalue weighted by Gasteiger charge is 2.48. The van der Waals surface area contributed by atoms with Crippen molar-refractivity contribution in [2.75, 3.05) is 32.7 Å². The number of carbonyl (C=O) groups excluding carboxylic acids is 4. The first-order chi connectivity index (χ1) is 17.4. The lowest BCUT2D eigenvalue weighted by atomic mass is 9.61. The molecule has 1 aromatic carbocycles. The fourth-order valence-corrected chi connectivity index (χ4v) is 6.75. The molecule has 4 aliphatic heterocycles. The minimum atomic E-state index is -0.952. The number of nitrogens with one attached hydrogen (secondary N) is 2. The van der Waals surface area contributed by atoms with Gasteiger partial charge in [0.2, 0.25) is 11.8 Å². The van der Waals surface area contributed by atoms with Crippen LogP contribution in [0.3, 0.4) is 0 Å². The summed E-state index contributed by atoms with van der Waals surface area (Å²) in [4.78, 5) is 53.3. The normalized spacial score (nSPS) is 27.2. The number of hydrogen-bond donors (Lipinski definition) is 2. The number of nitrogens with zero attached hydrogens (tertiary/aromatic N) is 2. The number of amides is 4. The third-order valence-electron chi connectivity index (χ3n) is 8.93. The Morgan fingerprint density at radius 1 is 0.944 bits per heavy atom. The molecule has 1 aromatic rings. The second-order valence-corrected chi connectivity index (χ2v) is 11.3. The molecule has 5 aliphatic rings. The van der Waals surface area contributed by atoms with Crippen LogP contribution in [0.25, 0.3) is 0 Å². The first-order valence-electron chi connectivity index (χ1n) is 13.4. The molecule has 0 bridgehead atoms. The van der Waals surface area contributed by atoms with Gasteiger partial charge in [-0.3, -0.25) is 29.4 Å². The fraction of sp³-hybridized carbons (Fsp3) is 0.630. The minimum absolute atomic E-state index is 0.109. The van der Waals surface area contributed by atoms with Gasteiger partial charge in [0.1, 0.15) is 11.8 Å². The zero-order valence-corrected chi connectivity index (χ0v) is 20.6. The van der Waals surface area contributed by atoms with Crippen LogP contribution < -0.4 is 15.4 Å². The highest BCUT2D eigenvalue weighted by Crippen LogP contribution is 2.50. The quantitative estimate of drug-likeness (QED) is 0.600. The number of rotatable bonds is 5. The number of carbonyl (C=O) groups is 4. The third-order valence-corrected chi connectivity index (χ3v) is 8.93. The van der Waals surface area contributed by atoms with Crippen LogP contribution in [-0.4, -0.2) is 78.3 Å². The molecule has 3 saturated heterocycles. The van der Waals surface area contributed by atoms with Crippen molar-refractivity contribution in [1.82, 2.24) is 20.4 Å². The molecule has 2 N–H and O–H groups in total. The van der Waals surface area contributed by atoms with Crippen LogP contribution >= 0.6 is 0 Å². The standard InChI is InChI=1S/C27H34N4O5/c32-23-4-3-22(24(33)29-23)31-25(34)20-2-1-18(13-21(20)26(31)35)36-19-14-27(15-19)7-11-30(12-8-27)16-17-5-9-28-10-6-17/h1-2,13,17,19,22,28H,3-12,14-16H2,(H,29,32,33). The Morgan fingerprint density at radius 3 is 2.39 bits per heavy atom. The van der Waals surface area contributed by atoms with Gasteiger partial charge >= 0.3 is 0 Å². The van der Waals surface area contributed by atoms with Crippen LogP contribution in [-0.2, 0) is 9.59 Å². The highest BCUT2D eigenvalue weighted by atomic mass is 16.5. The fourth-order valence-electron chi connectivity index (χ4n) is 6.75. The highest BCUT2D eigenvalue weighted by molar-refractivity contribution is 6.23. The Hall–Kier alpha value is -2.78. The van der Waals surface area contributed by atoms with Crippen LogP contribution in [0.4, 0.5) is 0 Å². The topological polar surface area (TPSA) is 108 Å². The summed E-state index contributed by atoms with van der Waals surface area (Å²) in [6, 6.07) is 4.04. The van der Waals surface area contributed by atoms with Crippen molar-refractivity contribution in [3.63, 3.8) is 0 Å². The molecular formula is C27H34N4O5. The van der Waals surface area contributed by atoms with E-state index in [-0.39, 0.29) is 36.0 Å². The molecule has 1 spiro atoms. The van der Waals surface area contributed by atoms with Crippen molar-refractivity contribution < 1.29 is 23.9 Å². The molecule has 1 atom stereocenters. The number of imide groups is 2. The van der Waals surface area contributed by atoms with Gasteiger partial charge in [-0.05, 0) is 101 Å². The lowest BCUT2D eigenvalue weighted by molar-refractivity contribution is -0.136. The first-order valence-corrected chi connectivity index (χ1v) is 13.4. The minimum Gasteiger partial charge on any atom is -0.490 e. The van der Waals surface area contributed by atoms with E-state index < -0.39 is 23.8 Å². The number of hydrogen-bond acceptors (Lipinski definition) is 7. The van der Waals surface area contributed by atoms with Gasteiger partial charge in [0.15, 0.2) is 0 Å². The number of ether oxygens (including phenoxy) is 1. The van der Waals surface area contributed by atoms with E-state index in [2.05, 4.69) is 15.5 Å². The van der Waals surface area contributed by atoms with Crippen LogP contribution in [0.1, 0.15) is 72.1 Å². The molecule has 9 heteroatoms. The van der Waals surface area contributed by atoms with Crippen molar-refractivity contribution in [3.8, 4) is 5.75 Å². The van der Waals surface area contributed by atoms with Crippen LogP contribution in [0.15, 0.2) is 18.2 Å². The first kappa shape index (κ1) is 23.6. The van der Waals surface area contributed by atoms with Crippen LogP contribution in [0.2, 0.25) is 0 Å². The molecule has 6 rings (SSSR count). The van der Waals surface area contributed by atoms with Crippen molar-refractivity contribution in [2.45, 2.75) is 63.5 Å². The van der Waals surface area contributed by atoms with Gasteiger partial charge in [0, 0.05) is 13.0 Å². The maximum atomic E-state index is 13.0. The number of benzene rings is 1. The lowest BCUT2D eigenvalue weighted by Gasteiger charge is -2.52. The monoisotopic (exact) mass is 494 g/mol. The molecule has 4 amide bonds. The molecule has 4 fully saturated rings. The summed E-state index contributed by atoms with van der Waals surface area (Å²) in [6.07, 6.45) is 7.45. The van der Waals surface area contributed by atoms with Crippen LogP contribution in [0.5, 0.6) is 5.75 Å². The lowest BCUT2D eigenvalue weighted by Crippen LogP contribution is -2.54. The van der Waals surface area contributed by atoms with Crippen molar-refractivity contribution in [1.29, 1.82) is 0 Å². The average Bonchev–Trinajstić information content (AvgIpc) is 3.09. The zero-order valence-electron chi connectivity index (χ0n) is 20.6. The van der Waals surface area contributed by atoms with E-state index in [1.54, 1.807) is 18.2 Å². The summed E-state index contributed by atoms with van der Waals surface area (Å²) >= 11 is 0.